The van der Waals surface area contributed by atoms with Gasteiger partial charge in [0.1, 0.15) is 5.76 Å². The number of halogens is 2. The van der Waals surface area contributed by atoms with Gasteiger partial charge in [-0.15, -0.1) is 0 Å². The Morgan fingerprint density at radius 1 is 1.29 bits per heavy atom. The second-order valence-electron chi connectivity index (χ2n) is 3.98. The highest BCUT2D eigenvalue weighted by Gasteiger charge is 2.13. The van der Waals surface area contributed by atoms with E-state index in [4.69, 9.17) is 33.4 Å². The van der Waals surface area contributed by atoms with Gasteiger partial charge in [0.25, 0.3) is 0 Å². The monoisotopic (exact) mass is 269 g/mol. The molecule has 0 aliphatic rings. The molecule has 0 fully saturated rings. The van der Waals surface area contributed by atoms with E-state index in [1.165, 1.54) is 0 Å². The van der Waals surface area contributed by atoms with Crippen molar-refractivity contribution in [3.05, 3.63) is 57.5 Å². The fourth-order valence-electron chi connectivity index (χ4n) is 1.81. The summed E-state index contributed by atoms with van der Waals surface area (Å²) in [4.78, 5) is 0. The highest BCUT2D eigenvalue weighted by atomic mass is 35.5. The zero-order valence-electron chi connectivity index (χ0n) is 9.41. The molecule has 0 radical (unpaired) electrons. The minimum absolute atomic E-state index is 0.118. The standard InChI is InChI=1S/C13H13Cl2NO/c1-8-11(4-5-17-8)13(16)6-9-2-3-10(14)7-12(9)15/h2-5,7,13H,6,16H2,1H3. The van der Waals surface area contributed by atoms with E-state index >= 15 is 0 Å². The van der Waals surface area contributed by atoms with Crippen LogP contribution >= 0.6 is 23.2 Å². The lowest BCUT2D eigenvalue weighted by atomic mass is 10.0. The molecular formula is C13H13Cl2NO. The highest BCUT2D eigenvalue weighted by molar-refractivity contribution is 6.35. The predicted molar refractivity (Wildman–Crippen MR) is 70.5 cm³/mol. The molecule has 1 heterocycles. The van der Waals surface area contributed by atoms with Crippen molar-refractivity contribution in [1.29, 1.82) is 0 Å². The smallest absolute Gasteiger partial charge is 0.105 e. The number of benzene rings is 1. The summed E-state index contributed by atoms with van der Waals surface area (Å²) in [7, 11) is 0. The van der Waals surface area contributed by atoms with Crippen LogP contribution in [0.4, 0.5) is 0 Å². The Bertz CT molecular complexity index is 522. The molecule has 1 atom stereocenters. The van der Waals surface area contributed by atoms with Crippen LogP contribution in [0.15, 0.2) is 34.9 Å². The molecule has 0 bridgehead atoms. The lowest BCUT2D eigenvalue weighted by Gasteiger charge is -2.12. The van der Waals surface area contributed by atoms with Gasteiger partial charge in [-0.3, -0.25) is 0 Å². The van der Waals surface area contributed by atoms with Crippen LogP contribution in [0.3, 0.4) is 0 Å². The van der Waals surface area contributed by atoms with Gasteiger partial charge in [0.2, 0.25) is 0 Å². The average Bonchev–Trinajstić information content (AvgIpc) is 2.68. The third kappa shape index (κ3) is 2.83. The lowest BCUT2D eigenvalue weighted by Crippen LogP contribution is -2.13. The first-order valence-electron chi connectivity index (χ1n) is 5.31. The number of aryl methyl sites for hydroxylation is 1. The summed E-state index contributed by atoms with van der Waals surface area (Å²) in [6.45, 7) is 1.90. The maximum absolute atomic E-state index is 6.13. The van der Waals surface area contributed by atoms with Crippen molar-refractivity contribution in [2.45, 2.75) is 19.4 Å². The Morgan fingerprint density at radius 3 is 2.65 bits per heavy atom. The van der Waals surface area contributed by atoms with Crippen molar-refractivity contribution >= 4 is 23.2 Å². The Labute approximate surface area is 110 Å². The van der Waals surface area contributed by atoms with Crippen LogP contribution in [0.25, 0.3) is 0 Å². The quantitative estimate of drug-likeness (QED) is 0.910. The fourth-order valence-corrected chi connectivity index (χ4v) is 2.30. The van der Waals surface area contributed by atoms with Crippen LogP contribution in [0.5, 0.6) is 0 Å². The molecule has 1 aromatic carbocycles. The number of furan rings is 1. The van der Waals surface area contributed by atoms with Crippen LogP contribution < -0.4 is 5.73 Å². The normalized spacial score (nSPS) is 12.7. The van der Waals surface area contributed by atoms with Gasteiger partial charge in [-0.2, -0.15) is 0 Å². The summed E-state index contributed by atoms with van der Waals surface area (Å²) in [6, 6.07) is 7.22. The maximum Gasteiger partial charge on any atom is 0.105 e. The molecular weight excluding hydrogens is 257 g/mol. The molecule has 90 valence electrons. The molecule has 0 spiro atoms. The molecule has 1 aromatic heterocycles. The second-order valence-corrected chi connectivity index (χ2v) is 4.82. The van der Waals surface area contributed by atoms with Crippen LogP contribution in [0.1, 0.15) is 22.9 Å². The minimum atomic E-state index is -0.118. The third-order valence-electron chi connectivity index (χ3n) is 2.75. The van der Waals surface area contributed by atoms with E-state index in [-0.39, 0.29) is 6.04 Å². The summed E-state index contributed by atoms with van der Waals surface area (Å²) in [6.07, 6.45) is 2.31. The Hall–Kier alpha value is -0.960. The number of nitrogens with two attached hydrogens (primary N) is 1. The summed E-state index contributed by atoms with van der Waals surface area (Å²) in [5.74, 6) is 0.850. The molecule has 4 heteroatoms. The molecule has 2 rings (SSSR count). The van der Waals surface area contributed by atoms with Crippen molar-refractivity contribution in [3.8, 4) is 0 Å². The van der Waals surface area contributed by atoms with Crippen molar-refractivity contribution in [2.24, 2.45) is 5.73 Å². The Kier molecular flexibility index (Phi) is 3.77. The lowest BCUT2D eigenvalue weighted by molar-refractivity contribution is 0.524. The summed E-state index contributed by atoms with van der Waals surface area (Å²) in [5.41, 5.74) is 8.13. The summed E-state index contributed by atoms with van der Waals surface area (Å²) < 4.78 is 5.24. The first kappa shape index (κ1) is 12.5. The second kappa shape index (κ2) is 5.13. The fraction of sp³-hybridized carbons (Fsp3) is 0.231. The van der Waals surface area contributed by atoms with E-state index in [1.807, 2.05) is 25.1 Å². The van der Waals surface area contributed by atoms with E-state index in [0.717, 1.165) is 16.9 Å². The maximum atomic E-state index is 6.13. The van der Waals surface area contributed by atoms with E-state index < -0.39 is 0 Å². The van der Waals surface area contributed by atoms with Gasteiger partial charge in [-0.05, 0) is 37.1 Å². The zero-order chi connectivity index (χ0) is 12.4. The van der Waals surface area contributed by atoms with Crippen LogP contribution in [0, 0.1) is 6.92 Å². The average molecular weight is 270 g/mol. The Balaban J connectivity index is 2.19. The van der Waals surface area contributed by atoms with Crippen LogP contribution in [-0.4, -0.2) is 0 Å². The molecule has 2 N–H and O–H groups in total. The SMILES string of the molecule is Cc1occc1C(N)Cc1ccc(Cl)cc1Cl. The molecule has 0 amide bonds. The van der Waals surface area contributed by atoms with Crippen LogP contribution in [-0.2, 0) is 6.42 Å². The molecule has 2 aromatic rings. The topological polar surface area (TPSA) is 39.2 Å². The van der Waals surface area contributed by atoms with Gasteiger partial charge >= 0.3 is 0 Å². The van der Waals surface area contributed by atoms with Crippen LogP contribution in [0.2, 0.25) is 10.0 Å². The largest absolute Gasteiger partial charge is 0.469 e. The van der Waals surface area contributed by atoms with Gasteiger partial charge in [-0.1, -0.05) is 29.3 Å². The van der Waals surface area contributed by atoms with E-state index in [1.54, 1.807) is 12.3 Å². The van der Waals surface area contributed by atoms with Crippen molar-refractivity contribution < 1.29 is 4.42 Å². The summed E-state index contributed by atoms with van der Waals surface area (Å²) >= 11 is 12.0. The highest BCUT2D eigenvalue weighted by Crippen LogP contribution is 2.26. The number of hydrogen-bond acceptors (Lipinski definition) is 2. The first-order chi connectivity index (χ1) is 8.08. The zero-order valence-corrected chi connectivity index (χ0v) is 10.9. The van der Waals surface area contributed by atoms with Gasteiger partial charge in [0.15, 0.2) is 0 Å². The van der Waals surface area contributed by atoms with E-state index in [9.17, 15) is 0 Å². The molecule has 2 nitrogen and oxygen atoms in total. The van der Waals surface area contributed by atoms with E-state index in [0.29, 0.717) is 16.5 Å². The van der Waals surface area contributed by atoms with Crippen molar-refractivity contribution in [1.82, 2.24) is 0 Å². The number of hydrogen-bond donors (Lipinski definition) is 1. The van der Waals surface area contributed by atoms with Gasteiger partial charge in [-0.25, -0.2) is 0 Å². The van der Waals surface area contributed by atoms with Gasteiger partial charge in [0.05, 0.1) is 6.26 Å². The van der Waals surface area contributed by atoms with Crippen molar-refractivity contribution in [2.75, 3.05) is 0 Å². The van der Waals surface area contributed by atoms with Gasteiger partial charge in [0, 0.05) is 21.7 Å². The third-order valence-corrected chi connectivity index (χ3v) is 3.34. The predicted octanol–water partition coefficient (Wildman–Crippen LogP) is 4.14. The molecule has 1 unspecified atom stereocenters. The molecule has 0 aliphatic carbocycles. The Morgan fingerprint density at radius 2 is 2.06 bits per heavy atom. The molecule has 0 saturated carbocycles. The molecule has 0 aliphatic heterocycles. The van der Waals surface area contributed by atoms with E-state index in [2.05, 4.69) is 0 Å². The minimum Gasteiger partial charge on any atom is -0.469 e. The molecule has 0 saturated heterocycles. The summed E-state index contributed by atoms with van der Waals surface area (Å²) in [5, 5.41) is 1.28. The molecule has 17 heavy (non-hydrogen) atoms. The van der Waals surface area contributed by atoms with Crippen molar-refractivity contribution in [3.63, 3.8) is 0 Å². The first-order valence-corrected chi connectivity index (χ1v) is 6.07. The number of rotatable bonds is 3. The van der Waals surface area contributed by atoms with Gasteiger partial charge < -0.3 is 10.2 Å².